The Labute approximate surface area is 114 Å². The Morgan fingerprint density at radius 1 is 1.21 bits per heavy atom. The molecule has 3 heterocycles. The fraction of sp³-hybridized carbons (Fsp3) is 0.214. The quantitative estimate of drug-likeness (QED) is 0.682. The average Bonchev–Trinajstić information content (AvgIpc) is 3.01. The maximum absolute atomic E-state index is 5.61. The van der Waals surface area contributed by atoms with Gasteiger partial charge in [-0.3, -0.25) is 4.40 Å². The molecule has 2 aromatic heterocycles. The number of fused-ring (bicyclic) bond motifs is 2. The maximum Gasteiger partial charge on any atom is 0.194 e. The van der Waals surface area contributed by atoms with Gasteiger partial charge in [0, 0.05) is 22.8 Å². The summed E-state index contributed by atoms with van der Waals surface area (Å²) in [6, 6.07) is 5.97. The van der Waals surface area contributed by atoms with Crippen LogP contribution in [0.25, 0.3) is 16.2 Å². The average molecular weight is 272 g/mol. The van der Waals surface area contributed by atoms with E-state index in [-0.39, 0.29) is 0 Å². The van der Waals surface area contributed by atoms with Crippen molar-refractivity contribution in [1.82, 2.24) is 9.38 Å². The van der Waals surface area contributed by atoms with Crippen molar-refractivity contribution in [3.8, 4) is 22.8 Å². The molecule has 4 nitrogen and oxygen atoms in total. The van der Waals surface area contributed by atoms with E-state index in [0.29, 0.717) is 13.2 Å². The van der Waals surface area contributed by atoms with Gasteiger partial charge in [-0.05, 0) is 25.1 Å². The first-order valence-corrected chi connectivity index (χ1v) is 7.02. The van der Waals surface area contributed by atoms with Gasteiger partial charge in [0.25, 0.3) is 0 Å². The molecule has 0 fully saturated rings. The first-order valence-electron chi connectivity index (χ1n) is 6.14. The first kappa shape index (κ1) is 10.9. The van der Waals surface area contributed by atoms with Crippen LogP contribution in [0.5, 0.6) is 11.5 Å². The molecule has 0 radical (unpaired) electrons. The largest absolute Gasteiger partial charge is 0.486 e. The summed E-state index contributed by atoms with van der Waals surface area (Å²) in [6.45, 7) is 3.30. The maximum atomic E-state index is 5.61. The molecule has 0 unspecified atom stereocenters. The number of aromatic nitrogens is 2. The van der Waals surface area contributed by atoms with Gasteiger partial charge in [0.05, 0.1) is 5.69 Å². The summed E-state index contributed by atoms with van der Waals surface area (Å²) in [7, 11) is 0. The van der Waals surface area contributed by atoms with Crippen LogP contribution in [0.3, 0.4) is 0 Å². The van der Waals surface area contributed by atoms with Crippen LogP contribution < -0.4 is 9.47 Å². The summed E-state index contributed by atoms with van der Waals surface area (Å²) >= 11 is 1.65. The number of hydrogen-bond donors (Lipinski definition) is 0. The van der Waals surface area contributed by atoms with Crippen molar-refractivity contribution < 1.29 is 9.47 Å². The number of aryl methyl sites for hydroxylation is 1. The molecule has 0 N–H and O–H groups in total. The smallest absolute Gasteiger partial charge is 0.194 e. The number of imidazole rings is 1. The van der Waals surface area contributed by atoms with Gasteiger partial charge < -0.3 is 9.47 Å². The lowest BCUT2D eigenvalue weighted by Crippen LogP contribution is -2.15. The second-order valence-corrected chi connectivity index (χ2v) is 5.35. The predicted octanol–water partition coefficient (Wildman–Crippen LogP) is 3.14. The fourth-order valence-electron chi connectivity index (χ4n) is 2.24. The lowest BCUT2D eigenvalue weighted by Gasteiger charge is -2.18. The van der Waals surface area contributed by atoms with Crippen LogP contribution in [-0.2, 0) is 0 Å². The van der Waals surface area contributed by atoms with E-state index in [1.54, 1.807) is 11.3 Å². The van der Waals surface area contributed by atoms with Crippen LogP contribution in [0.1, 0.15) is 5.69 Å². The summed E-state index contributed by atoms with van der Waals surface area (Å²) in [6.07, 6.45) is 2.06. The van der Waals surface area contributed by atoms with Crippen LogP contribution in [-0.4, -0.2) is 22.6 Å². The van der Waals surface area contributed by atoms with Gasteiger partial charge in [-0.2, -0.15) is 0 Å². The van der Waals surface area contributed by atoms with E-state index in [2.05, 4.69) is 27.9 Å². The van der Waals surface area contributed by atoms with E-state index in [0.717, 1.165) is 27.7 Å². The molecule has 0 atom stereocenters. The molecule has 19 heavy (non-hydrogen) atoms. The SMILES string of the molecule is Cc1csc2nc(-c3ccc4c(c3)OCCO4)cn12. The van der Waals surface area contributed by atoms with Crippen molar-refractivity contribution in [3.05, 3.63) is 35.5 Å². The van der Waals surface area contributed by atoms with Crippen molar-refractivity contribution in [1.29, 1.82) is 0 Å². The topological polar surface area (TPSA) is 35.8 Å². The zero-order valence-corrected chi connectivity index (χ0v) is 11.2. The zero-order chi connectivity index (χ0) is 12.8. The molecule has 0 spiro atoms. The lowest BCUT2D eigenvalue weighted by molar-refractivity contribution is 0.171. The fourth-order valence-corrected chi connectivity index (χ4v) is 3.09. The Balaban J connectivity index is 1.82. The highest BCUT2D eigenvalue weighted by Crippen LogP contribution is 2.34. The number of thiazole rings is 1. The first-order chi connectivity index (χ1) is 9.31. The van der Waals surface area contributed by atoms with E-state index in [1.807, 2.05) is 18.2 Å². The number of ether oxygens (including phenoxy) is 2. The Kier molecular flexibility index (Phi) is 2.29. The molecular weight excluding hydrogens is 260 g/mol. The summed E-state index contributed by atoms with van der Waals surface area (Å²) in [4.78, 5) is 5.65. The van der Waals surface area contributed by atoms with Crippen molar-refractivity contribution in [3.63, 3.8) is 0 Å². The van der Waals surface area contributed by atoms with Gasteiger partial charge >= 0.3 is 0 Å². The van der Waals surface area contributed by atoms with Gasteiger partial charge in [0.15, 0.2) is 16.5 Å². The van der Waals surface area contributed by atoms with Crippen molar-refractivity contribution in [2.45, 2.75) is 6.92 Å². The Morgan fingerprint density at radius 2 is 2.05 bits per heavy atom. The van der Waals surface area contributed by atoms with E-state index in [4.69, 9.17) is 9.47 Å². The monoisotopic (exact) mass is 272 g/mol. The van der Waals surface area contributed by atoms with E-state index < -0.39 is 0 Å². The van der Waals surface area contributed by atoms with Gasteiger partial charge in [0.2, 0.25) is 0 Å². The molecule has 96 valence electrons. The van der Waals surface area contributed by atoms with Crippen molar-refractivity contribution in [2.24, 2.45) is 0 Å². The normalized spacial score (nSPS) is 13.9. The number of benzene rings is 1. The molecular formula is C14H12N2O2S. The molecule has 0 aliphatic carbocycles. The minimum absolute atomic E-state index is 0.605. The van der Waals surface area contributed by atoms with Crippen LogP contribution in [0, 0.1) is 6.92 Å². The minimum Gasteiger partial charge on any atom is -0.486 e. The summed E-state index contributed by atoms with van der Waals surface area (Å²) in [5.74, 6) is 1.61. The molecule has 1 aliphatic rings. The molecule has 1 aromatic carbocycles. The third kappa shape index (κ3) is 1.69. The highest BCUT2D eigenvalue weighted by molar-refractivity contribution is 7.15. The zero-order valence-electron chi connectivity index (χ0n) is 10.4. The third-order valence-corrected chi connectivity index (χ3v) is 4.18. The molecule has 5 heteroatoms. The highest BCUT2D eigenvalue weighted by Gasteiger charge is 2.14. The van der Waals surface area contributed by atoms with Gasteiger partial charge in [-0.1, -0.05) is 0 Å². The Bertz CT molecular complexity index is 760. The number of nitrogens with zero attached hydrogens (tertiary/aromatic N) is 2. The summed E-state index contributed by atoms with van der Waals surface area (Å²) in [5, 5.41) is 2.11. The Morgan fingerprint density at radius 3 is 2.89 bits per heavy atom. The third-order valence-electron chi connectivity index (χ3n) is 3.23. The van der Waals surface area contributed by atoms with E-state index in [1.165, 1.54) is 5.69 Å². The minimum atomic E-state index is 0.605. The van der Waals surface area contributed by atoms with Crippen LogP contribution in [0.4, 0.5) is 0 Å². The van der Waals surface area contributed by atoms with Gasteiger partial charge in [0.1, 0.15) is 13.2 Å². The predicted molar refractivity (Wildman–Crippen MR) is 74.2 cm³/mol. The molecule has 4 rings (SSSR count). The van der Waals surface area contributed by atoms with Crippen molar-refractivity contribution in [2.75, 3.05) is 13.2 Å². The number of rotatable bonds is 1. The van der Waals surface area contributed by atoms with E-state index >= 15 is 0 Å². The lowest BCUT2D eigenvalue weighted by atomic mass is 10.1. The second-order valence-electron chi connectivity index (χ2n) is 4.51. The summed E-state index contributed by atoms with van der Waals surface area (Å²) in [5.41, 5.74) is 3.22. The Hall–Kier alpha value is -2.01. The van der Waals surface area contributed by atoms with Gasteiger partial charge in [-0.15, -0.1) is 11.3 Å². The van der Waals surface area contributed by atoms with Crippen LogP contribution in [0.2, 0.25) is 0 Å². The van der Waals surface area contributed by atoms with Gasteiger partial charge in [-0.25, -0.2) is 4.98 Å². The highest BCUT2D eigenvalue weighted by atomic mass is 32.1. The summed E-state index contributed by atoms with van der Waals surface area (Å²) < 4.78 is 13.2. The second kappa shape index (κ2) is 3.99. The molecule has 1 aliphatic heterocycles. The van der Waals surface area contributed by atoms with Crippen LogP contribution in [0.15, 0.2) is 29.8 Å². The molecule has 0 saturated heterocycles. The molecule has 0 bridgehead atoms. The van der Waals surface area contributed by atoms with Crippen LogP contribution >= 0.6 is 11.3 Å². The van der Waals surface area contributed by atoms with E-state index in [9.17, 15) is 0 Å². The number of hydrogen-bond acceptors (Lipinski definition) is 4. The molecule has 0 amide bonds. The standard InChI is InChI=1S/C14H12N2O2S/c1-9-8-19-14-15-11(7-16(9)14)10-2-3-12-13(6-10)18-5-4-17-12/h2-3,6-8H,4-5H2,1H3. The van der Waals surface area contributed by atoms with Crippen molar-refractivity contribution >= 4 is 16.3 Å². The molecule has 3 aromatic rings. The molecule has 0 saturated carbocycles.